The van der Waals surface area contributed by atoms with E-state index in [0.717, 1.165) is 5.56 Å². The van der Waals surface area contributed by atoms with Crippen molar-refractivity contribution >= 4 is 27.4 Å². The van der Waals surface area contributed by atoms with Gasteiger partial charge in [-0.3, -0.25) is 9.59 Å². The molecule has 0 unspecified atom stereocenters. The lowest BCUT2D eigenvalue weighted by Crippen LogP contribution is -2.22. The third-order valence-corrected chi connectivity index (χ3v) is 5.43. The lowest BCUT2D eigenvalue weighted by molar-refractivity contribution is -0.146. The van der Waals surface area contributed by atoms with E-state index in [2.05, 4.69) is 5.32 Å². The third-order valence-electron chi connectivity index (χ3n) is 3.69. The van der Waals surface area contributed by atoms with Crippen LogP contribution in [0.5, 0.6) is 5.75 Å². The van der Waals surface area contributed by atoms with Crippen LogP contribution in [0.3, 0.4) is 0 Å². The highest BCUT2D eigenvalue weighted by molar-refractivity contribution is 7.91. The smallest absolute Gasteiger partial charge is 0.307 e. The molecule has 0 fully saturated rings. The van der Waals surface area contributed by atoms with Gasteiger partial charge in [-0.25, -0.2) is 8.42 Å². The lowest BCUT2D eigenvalue weighted by atomic mass is 10.2. The summed E-state index contributed by atoms with van der Waals surface area (Å²) in [4.78, 5) is 23.7. The molecule has 8 heteroatoms. The number of esters is 1. The highest BCUT2D eigenvalue weighted by Gasteiger charge is 2.17. The zero-order chi connectivity index (χ0) is 19.9. The van der Waals surface area contributed by atoms with E-state index in [4.69, 9.17) is 9.47 Å². The second-order valence-corrected chi connectivity index (χ2v) is 7.93. The number of methoxy groups -OCH3 is 1. The second kappa shape index (κ2) is 9.18. The van der Waals surface area contributed by atoms with E-state index in [1.54, 1.807) is 36.4 Å². The quantitative estimate of drug-likeness (QED) is 0.694. The molecule has 27 heavy (non-hydrogen) atoms. The van der Waals surface area contributed by atoms with Crippen LogP contribution in [0.15, 0.2) is 53.4 Å². The molecule has 0 radical (unpaired) electrons. The number of carbonyl (C=O) groups excluding carboxylic acids is 2. The van der Waals surface area contributed by atoms with Crippen molar-refractivity contribution in [3.05, 3.63) is 54.1 Å². The van der Waals surface area contributed by atoms with Crippen molar-refractivity contribution in [2.45, 2.75) is 18.2 Å². The van der Waals surface area contributed by atoms with Gasteiger partial charge in [0, 0.05) is 5.69 Å². The number of aryl methyl sites for hydroxylation is 1. The van der Waals surface area contributed by atoms with Gasteiger partial charge in [0.25, 0.3) is 5.91 Å². The normalized spacial score (nSPS) is 10.9. The number of hydrogen-bond acceptors (Lipinski definition) is 6. The van der Waals surface area contributed by atoms with Gasteiger partial charge in [-0.05, 0) is 43.3 Å². The largest absolute Gasteiger partial charge is 0.497 e. The predicted molar refractivity (Wildman–Crippen MR) is 100 cm³/mol. The first kappa shape index (κ1) is 20.4. The van der Waals surface area contributed by atoms with Crippen LogP contribution >= 0.6 is 0 Å². The average molecular weight is 391 g/mol. The molecule has 1 amide bonds. The van der Waals surface area contributed by atoms with Crippen LogP contribution in [0.1, 0.15) is 12.0 Å². The van der Waals surface area contributed by atoms with Crippen LogP contribution < -0.4 is 10.1 Å². The maximum absolute atomic E-state index is 12.2. The maximum atomic E-state index is 12.2. The van der Waals surface area contributed by atoms with Gasteiger partial charge in [0.15, 0.2) is 16.4 Å². The maximum Gasteiger partial charge on any atom is 0.307 e. The van der Waals surface area contributed by atoms with Crippen molar-refractivity contribution in [3.63, 3.8) is 0 Å². The molecule has 0 spiro atoms. The molecular formula is C19H21NO6S. The number of amides is 1. The fourth-order valence-corrected chi connectivity index (χ4v) is 3.39. The summed E-state index contributed by atoms with van der Waals surface area (Å²) in [5.74, 6) is -1.01. The van der Waals surface area contributed by atoms with Gasteiger partial charge in [-0.15, -0.1) is 0 Å². The molecule has 0 aliphatic rings. The summed E-state index contributed by atoms with van der Waals surface area (Å²) in [5.41, 5.74) is 1.47. The highest BCUT2D eigenvalue weighted by Crippen LogP contribution is 2.15. The van der Waals surface area contributed by atoms with Crippen LogP contribution in [-0.2, 0) is 24.2 Å². The molecule has 2 aromatic rings. The standard InChI is InChI=1S/C19H21NO6S/c1-14-3-9-17(10-4-14)27(23,24)12-11-19(22)26-13-18(21)20-15-5-7-16(25-2)8-6-15/h3-10H,11-13H2,1-2H3,(H,20,21). The van der Waals surface area contributed by atoms with E-state index >= 15 is 0 Å². The van der Waals surface area contributed by atoms with Crippen molar-refractivity contribution in [1.82, 2.24) is 0 Å². The molecule has 0 aromatic heterocycles. The zero-order valence-corrected chi connectivity index (χ0v) is 15.9. The number of benzene rings is 2. The third kappa shape index (κ3) is 6.41. The van der Waals surface area contributed by atoms with Gasteiger partial charge >= 0.3 is 5.97 Å². The van der Waals surface area contributed by atoms with Crippen LogP contribution in [-0.4, -0.2) is 39.8 Å². The van der Waals surface area contributed by atoms with Crippen molar-refractivity contribution in [3.8, 4) is 5.75 Å². The molecule has 0 saturated carbocycles. The van der Waals surface area contributed by atoms with E-state index in [1.165, 1.54) is 19.2 Å². The molecule has 0 saturated heterocycles. The minimum Gasteiger partial charge on any atom is -0.497 e. The minimum absolute atomic E-state index is 0.151. The summed E-state index contributed by atoms with van der Waals surface area (Å²) in [7, 11) is -2.05. The van der Waals surface area contributed by atoms with E-state index in [1.807, 2.05) is 6.92 Å². The zero-order valence-electron chi connectivity index (χ0n) is 15.1. The van der Waals surface area contributed by atoms with Crippen molar-refractivity contribution < 1.29 is 27.5 Å². The molecule has 2 rings (SSSR count). The van der Waals surface area contributed by atoms with Gasteiger partial charge in [-0.2, -0.15) is 0 Å². The Morgan fingerprint density at radius 3 is 2.22 bits per heavy atom. The van der Waals surface area contributed by atoms with Gasteiger partial charge in [0.05, 0.1) is 24.2 Å². The van der Waals surface area contributed by atoms with E-state index < -0.39 is 28.3 Å². The van der Waals surface area contributed by atoms with Gasteiger partial charge < -0.3 is 14.8 Å². The van der Waals surface area contributed by atoms with Crippen LogP contribution in [0.25, 0.3) is 0 Å². The number of nitrogens with one attached hydrogen (secondary N) is 1. The number of rotatable bonds is 8. The van der Waals surface area contributed by atoms with E-state index in [0.29, 0.717) is 11.4 Å². The van der Waals surface area contributed by atoms with E-state index in [9.17, 15) is 18.0 Å². The summed E-state index contributed by atoms with van der Waals surface area (Å²) >= 11 is 0. The SMILES string of the molecule is COc1ccc(NC(=O)COC(=O)CCS(=O)(=O)c2ccc(C)cc2)cc1. The number of sulfone groups is 1. The predicted octanol–water partition coefficient (Wildman–Crippen LogP) is 2.35. The fourth-order valence-electron chi connectivity index (χ4n) is 2.17. The molecular weight excluding hydrogens is 370 g/mol. The molecule has 7 nitrogen and oxygen atoms in total. The van der Waals surface area contributed by atoms with Crippen LogP contribution in [0.4, 0.5) is 5.69 Å². The van der Waals surface area contributed by atoms with Crippen molar-refractivity contribution in [2.24, 2.45) is 0 Å². The molecule has 144 valence electrons. The summed E-state index contributed by atoms with van der Waals surface area (Å²) in [5, 5.41) is 2.56. The highest BCUT2D eigenvalue weighted by atomic mass is 32.2. The summed E-state index contributed by atoms with van der Waals surface area (Å²) in [6.07, 6.45) is -0.327. The number of anilines is 1. The Kier molecular flexibility index (Phi) is 6.95. The van der Waals surface area contributed by atoms with Gasteiger partial charge in [0.1, 0.15) is 5.75 Å². The summed E-state index contributed by atoms with van der Waals surface area (Å²) < 4.78 is 34.2. The minimum atomic E-state index is -3.58. The Morgan fingerprint density at radius 1 is 1.00 bits per heavy atom. The first-order chi connectivity index (χ1) is 12.8. The number of ether oxygens (including phenoxy) is 2. The Bertz CT molecular complexity index is 889. The number of hydrogen-bond donors (Lipinski definition) is 1. The second-order valence-electron chi connectivity index (χ2n) is 5.82. The molecule has 0 heterocycles. The Labute approximate surface area is 158 Å². The van der Waals surface area contributed by atoms with Gasteiger partial charge in [-0.1, -0.05) is 17.7 Å². The molecule has 1 N–H and O–H groups in total. The summed E-state index contributed by atoms with van der Waals surface area (Å²) in [6, 6.07) is 13.0. The molecule has 2 aromatic carbocycles. The van der Waals surface area contributed by atoms with E-state index in [-0.39, 0.29) is 17.1 Å². The molecule has 0 aliphatic heterocycles. The lowest BCUT2D eigenvalue weighted by Gasteiger charge is -2.08. The van der Waals surface area contributed by atoms with Crippen molar-refractivity contribution in [1.29, 1.82) is 0 Å². The molecule has 0 atom stereocenters. The number of carbonyl (C=O) groups is 2. The van der Waals surface area contributed by atoms with Crippen molar-refractivity contribution in [2.75, 3.05) is 24.8 Å². The average Bonchev–Trinajstić information content (AvgIpc) is 2.66. The Balaban J connectivity index is 1.78. The van der Waals surface area contributed by atoms with Crippen LogP contribution in [0.2, 0.25) is 0 Å². The van der Waals surface area contributed by atoms with Gasteiger partial charge in [0.2, 0.25) is 0 Å². The first-order valence-corrected chi connectivity index (χ1v) is 9.84. The first-order valence-electron chi connectivity index (χ1n) is 8.19. The molecule has 0 aliphatic carbocycles. The Hall–Kier alpha value is -2.87. The topological polar surface area (TPSA) is 98.8 Å². The fraction of sp³-hybridized carbons (Fsp3) is 0.263. The molecule has 0 bridgehead atoms. The Morgan fingerprint density at radius 2 is 1.63 bits per heavy atom. The monoisotopic (exact) mass is 391 g/mol. The van der Waals surface area contributed by atoms with Crippen LogP contribution in [0, 0.1) is 6.92 Å². The summed E-state index contributed by atoms with van der Waals surface area (Å²) in [6.45, 7) is 1.36.